The van der Waals surface area contributed by atoms with Crippen LogP contribution in [0.4, 0.5) is 0 Å². The number of carbonyl (C=O) groups excluding carboxylic acids is 1. The summed E-state index contributed by atoms with van der Waals surface area (Å²) in [4.78, 5) is 12.0. The maximum absolute atomic E-state index is 12.0. The molecule has 0 aromatic heterocycles. The van der Waals surface area contributed by atoms with E-state index in [9.17, 15) is 4.79 Å². The van der Waals surface area contributed by atoms with Gasteiger partial charge in [-0.1, -0.05) is 45.6 Å². The monoisotopic (exact) mass is 223 g/mol. The van der Waals surface area contributed by atoms with Gasteiger partial charge < -0.3 is 5.32 Å². The van der Waals surface area contributed by atoms with Crippen molar-refractivity contribution >= 4 is 5.91 Å². The second-order valence-corrected chi connectivity index (χ2v) is 4.68. The molecule has 0 atom stereocenters. The predicted octanol–water partition coefficient (Wildman–Crippen LogP) is 3.57. The summed E-state index contributed by atoms with van der Waals surface area (Å²) in [7, 11) is 0. The van der Waals surface area contributed by atoms with Crippen molar-refractivity contribution in [3.05, 3.63) is 11.6 Å². The molecule has 92 valence electrons. The van der Waals surface area contributed by atoms with Crippen LogP contribution in [-0.2, 0) is 4.79 Å². The fourth-order valence-electron chi connectivity index (χ4n) is 2.24. The lowest BCUT2D eigenvalue weighted by atomic mass is 9.95. The first kappa shape index (κ1) is 13.3. The Morgan fingerprint density at radius 2 is 1.94 bits per heavy atom. The van der Waals surface area contributed by atoms with Gasteiger partial charge >= 0.3 is 0 Å². The molecule has 1 amide bonds. The van der Waals surface area contributed by atoms with Crippen LogP contribution in [-0.4, -0.2) is 11.9 Å². The molecule has 1 fully saturated rings. The molecule has 0 aliphatic heterocycles. The average Bonchev–Trinajstić information content (AvgIpc) is 2.31. The summed E-state index contributed by atoms with van der Waals surface area (Å²) in [5.74, 6) is 0.169. The predicted molar refractivity (Wildman–Crippen MR) is 68.3 cm³/mol. The lowest BCUT2D eigenvalue weighted by molar-refractivity contribution is -0.118. The van der Waals surface area contributed by atoms with Gasteiger partial charge in [-0.25, -0.2) is 0 Å². The highest BCUT2D eigenvalue weighted by atomic mass is 16.1. The maximum Gasteiger partial charge on any atom is 0.247 e. The highest BCUT2D eigenvalue weighted by molar-refractivity contribution is 5.93. The van der Waals surface area contributed by atoms with E-state index in [1.54, 1.807) is 0 Å². The summed E-state index contributed by atoms with van der Waals surface area (Å²) in [5, 5.41) is 3.17. The summed E-state index contributed by atoms with van der Waals surface area (Å²) in [6.45, 7) is 4.20. The Bertz CT molecular complexity index is 239. The molecule has 0 unspecified atom stereocenters. The summed E-state index contributed by atoms with van der Waals surface area (Å²) < 4.78 is 0. The van der Waals surface area contributed by atoms with Crippen LogP contribution in [0.2, 0.25) is 0 Å². The third-order valence-corrected chi connectivity index (χ3v) is 3.29. The van der Waals surface area contributed by atoms with Crippen LogP contribution >= 0.6 is 0 Å². The number of amides is 1. The highest BCUT2D eigenvalue weighted by Crippen LogP contribution is 2.18. The molecule has 0 bridgehead atoms. The van der Waals surface area contributed by atoms with Crippen molar-refractivity contribution in [3.8, 4) is 0 Å². The molecule has 1 aliphatic carbocycles. The lowest BCUT2D eigenvalue weighted by Gasteiger charge is -2.23. The molecule has 1 N–H and O–H groups in total. The van der Waals surface area contributed by atoms with Crippen LogP contribution in [0.5, 0.6) is 0 Å². The van der Waals surface area contributed by atoms with Gasteiger partial charge in [0.1, 0.15) is 0 Å². The third-order valence-electron chi connectivity index (χ3n) is 3.29. The van der Waals surface area contributed by atoms with Crippen molar-refractivity contribution in [2.24, 2.45) is 0 Å². The fourth-order valence-corrected chi connectivity index (χ4v) is 2.24. The van der Waals surface area contributed by atoms with Gasteiger partial charge in [0.2, 0.25) is 5.91 Å². The first-order valence-corrected chi connectivity index (χ1v) is 6.77. The van der Waals surface area contributed by atoms with E-state index in [1.165, 1.54) is 19.3 Å². The minimum atomic E-state index is 0.169. The average molecular weight is 223 g/mol. The van der Waals surface area contributed by atoms with Gasteiger partial charge in [-0.3, -0.25) is 4.79 Å². The molecule has 16 heavy (non-hydrogen) atoms. The number of unbranched alkanes of at least 4 members (excludes halogenated alkanes) is 1. The fraction of sp³-hybridized carbons (Fsp3) is 0.786. The first-order chi connectivity index (χ1) is 7.77. The van der Waals surface area contributed by atoms with Gasteiger partial charge in [-0.15, -0.1) is 0 Å². The third kappa shape index (κ3) is 4.38. The molecular formula is C14H25NO. The molecule has 0 aromatic rings. The summed E-state index contributed by atoms with van der Waals surface area (Å²) in [6, 6.07) is 0.429. The van der Waals surface area contributed by atoms with Crippen LogP contribution in [0.15, 0.2) is 11.6 Å². The van der Waals surface area contributed by atoms with E-state index in [0.717, 1.165) is 37.7 Å². The van der Waals surface area contributed by atoms with E-state index in [1.807, 2.05) is 0 Å². The molecule has 0 saturated heterocycles. The molecule has 0 aromatic carbocycles. The number of carbonyl (C=O) groups is 1. The zero-order chi connectivity index (χ0) is 11.8. The number of hydrogen-bond donors (Lipinski definition) is 1. The van der Waals surface area contributed by atoms with Crippen molar-refractivity contribution in [2.75, 3.05) is 0 Å². The zero-order valence-electron chi connectivity index (χ0n) is 10.7. The summed E-state index contributed by atoms with van der Waals surface area (Å²) in [6.07, 6.45) is 11.3. The quantitative estimate of drug-likeness (QED) is 0.709. The normalized spacial score (nSPS) is 18.5. The van der Waals surface area contributed by atoms with E-state index in [-0.39, 0.29) is 5.91 Å². The van der Waals surface area contributed by atoms with Gasteiger partial charge in [0.05, 0.1) is 0 Å². The van der Waals surface area contributed by atoms with E-state index < -0.39 is 0 Å². The Kier molecular flexibility index (Phi) is 6.20. The topological polar surface area (TPSA) is 29.1 Å². The number of allylic oxidation sites excluding steroid dienone is 1. The van der Waals surface area contributed by atoms with Crippen LogP contribution in [0.25, 0.3) is 0 Å². The minimum Gasteiger partial charge on any atom is -0.350 e. The summed E-state index contributed by atoms with van der Waals surface area (Å²) in [5.41, 5.74) is 0.965. The van der Waals surface area contributed by atoms with Crippen molar-refractivity contribution in [2.45, 2.75) is 71.3 Å². The number of nitrogens with one attached hydrogen (secondary N) is 1. The minimum absolute atomic E-state index is 0.169. The zero-order valence-corrected chi connectivity index (χ0v) is 10.7. The Balaban J connectivity index is 2.41. The molecule has 0 heterocycles. The van der Waals surface area contributed by atoms with Crippen LogP contribution in [0, 0.1) is 0 Å². The second-order valence-electron chi connectivity index (χ2n) is 4.68. The molecule has 0 spiro atoms. The van der Waals surface area contributed by atoms with E-state index in [4.69, 9.17) is 0 Å². The molecular weight excluding hydrogens is 198 g/mol. The van der Waals surface area contributed by atoms with Gasteiger partial charge in [-0.2, -0.15) is 0 Å². The molecule has 1 saturated carbocycles. The van der Waals surface area contributed by atoms with Crippen molar-refractivity contribution in [3.63, 3.8) is 0 Å². The lowest BCUT2D eigenvalue weighted by Crippen LogP contribution is -2.36. The van der Waals surface area contributed by atoms with Crippen molar-refractivity contribution in [1.82, 2.24) is 5.32 Å². The SMILES string of the molecule is CCC/C=C(\CC)C(=O)NC1CCCCC1. The van der Waals surface area contributed by atoms with Gasteiger partial charge in [0.15, 0.2) is 0 Å². The van der Waals surface area contributed by atoms with Crippen LogP contribution < -0.4 is 5.32 Å². The van der Waals surface area contributed by atoms with Crippen LogP contribution in [0.3, 0.4) is 0 Å². The van der Waals surface area contributed by atoms with Gasteiger partial charge in [0, 0.05) is 11.6 Å². The number of hydrogen-bond acceptors (Lipinski definition) is 1. The smallest absolute Gasteiger partial charge is 0.247 e. The molecule has 1 rings (SSSR count). The maximum atomic E-state index is 12.0. The van der Waals surface area contributed by atoms with E-state index >= 15 is 0 Å². The largest absolute Gasteiger partial charge is 0.350 e. The Hall–Kier alpha value is -0.790. The van der Waals surface area contributed by atoms with E-state index in [0.29, 0.717) is 6.04 Å². The number of rotatable bonds is 5. The van der Waals surface area contributed by atoms with Gasteiger partial charge in [-0.05, 0) is 25.7 Å². The Morgan fingerprint density at radius 1 is 1.25 bits per heavy atom. The molecule has 2 heteroatoms. The molecule has 0 radical (unpaired) electrons. The van der Waals surface area contributed by atoms with Gasteiger partial charge in [0.25, 0.3) is 0 Å². The molecule has 1 aliphatic rings. The standard InChI is InChI=1S/C14H25NO/c1-3-5-9-12(4-2)14(16)15-13-10-7-6-8-11-13/h9,13H,3-8,10-11H2,1-2H3,(H,15,16)/b12-9+. The highest BCUT2D eigenvalue weighted by Gasteiger charge is 2.16. The first-order valence-electron chi connectivity index (χ1n) is 6.77. The van der Waals surface area contributed by atoms with E-state index in [2.05, 4.69) is 25.2 Å². The van der Waals surface area contributed by atoms with Crippen molar-refractivity contribution < 1.29 is 4.79 Å². The van der Waals surface area contributed by atoms with Crippen molar-refractivity contribution in [1.29, 1.82) is 0 Å². The van der Waals surface area contributed by atoms with Crippen LogP contribution in [0.1, 0.15) is 65.2 Å². The Labute approximate surface area is 99.5 Å². The molecule has 2 nitrogen and oxygen atoms in total. The Morgan fingerprint density at radius 3 is 2.50 bits per heavy atom. The second kappa shape index (κ2) is 7.48. The summed E-state index contributed by atoms with van der Waals surface area (Å²) >= 11 is 0.